The summed E-state index contributed by atoms with van der Waals surface area (Å²) in [6.45, 7) is 3.76. The molecule has 2 rings (SSSR count). The zero-order valence-corrected chi connectivity index (χ0v) is 14.1. The number of halogens is 1. The molecule has 0 aromatic carbocycles. The van der Waals surface area contributed by atoms with E-state index >= 15 is 0 Å². The molecule has 0 fully saturated rings. The van der Waals surface area contributed by atoms with Gasteiger partial charge in [0.15, 0.2) is 0 Å². The minimum absolute atomic E-state index is 0.155. The number of hydrogen-bond donors (Lipinski definition) is 2. The van der Waals surface area contributed by atoms with Crippen LogP contribution in [0.2, 0.25) is 0 Å². The highest BCUT2D eigenvalue weighted by molar-refractivity contribution is 9.10. The van der Waals surface area contributed by atoms with Crippen LogP contribution >= 0.6 is 15.9 Å². The van der Waals surface area contributed by atoms with E-state index < -0.39 is 0 Å². The van der Waals surface area contributed by atoms with Crippen molar-refractivity contribution in [2.45, 2.75) is 19.5 Å². The first-order chi connectivity index (χ1) is 10.0. The first-order valence-electron chi connectivity index (χ1n) is 6.77. The molecule has 1 atom stereocenters. The van der Waals surface area contributed by atoms with Gasteiger partial charge in [0.25, 0.3) is 0 Å². The average Bonchev–Trinajstić information content (AvgIpc) is 2.81. The Labute approximate surface area is 133 Å². The molecule has 21 heavy (non-hydrogen) atoms. The zero-order valence-electron chi connectivity index (χ0n) is 12.5. The van der Waals surface area contributed by atoms with Gasteiger partial charge in [-0.2, -0.15) is 5.10 Å². The van der Waals surface area contributed by atoms with Crippen LogP contribution in [0.4, 0.5) is 0 Å². The molecule has 2 heterocycles. The van der Waals surface area contributed by atoms with Crippen molar-refractivity contribution in [1.29, 1.82) is 0 Å². The molecular formula is C14H21BrN6. The molecule has 0 radical (unpaired) electrons. The first-order valence-corrected chi connectivity index (χ1v) is 7.56. The fourth-order valence-corrected chi connectivity index (χ4v) is 2.75. The van der Waals surface area contributed by atoms with Crippen molar-refractivity contribution in [3.63, 3.8) is 0 Å². The molecule has 1 unspecified atom stereocenters. The molecule has 2 aromatic heterocycles. The van der Waals surface area contributed by atoms with Crippen LogP contribution in [0.15, 0.2) is 29.1 Å². The van der Waals surface area contributed by atoms with E-state index in [0.29, 0.717) is 0 Å². The van der Waals surface area contributed by atoms with E-state index in [0.717, 1.165) is 34.4 Å². The van der Waals surface area contributed by atoms with Crippen molar-refractivity contribution in [3.8, 4) is 0 Å². The summed E-state index contributed by atoms with van der Waals surface area (Å²) in [5.41, 5.74) is 6.08. The van der Waals surface area contributed by atoms with E-state index in [9.17, 15) is 0 Å². The van der Waals surface area contributed by atoms with Gasteiger partial charge < -0.3 is 4.90 Å². The number of hydrazine groups is 1. The summed E-state index contributed by atoms with van der Waals surface area (Å²) in [4.78, 5) is 6.33. The molecule has 0 spiro atoms. The molecule has 0 saturated carbocycles. The number of hydrogen-bond acceptors (Lipinski definition) is 5. The van der Waals surface area contributed by atoms with Crippen LogP contribution in [0.1, 0.15) is 22.9 Å². The molecule has 0 saturated heterocycles. The van der Waals surface area contributed by atoms with Gasteiger partial charge in [-0.05, 0) is 54.1 Å². The highest BCUT2D eigenvalue weighted by Gasteiger charge is 2.22. The summed E-state index contributed by atoms with van der Waals surface area (Å²) in [5, 5.41) is 4.44. The third-order valence-electron chi connectivity index (χ3n) is 3.42. The Balaban J connectivity index is 2.38. The molecule has 7 heteroatoms. The number of nitrogens with one attached hydrogen (secondary N) is 1. The standard InChI is InChI=1S/C14H21BrN6/c1-10-4-5-17-8-11(10)13(19-16)14-12(15)9-18-21(14)7-6-20(2)3/h4-5,8-9,13,19H,6-7,16H2,1-3H3. The lowest BCUT2D eigenvalue weighted by molar-refractivity contribution is 0.365. The summed E-state index contributed by atoms with van der Waals surface area (Å²) < 4.78 is 2.91. The van der Waals surface area contributed by atoms with Crippen molar-refractivity contribution in [1.82, 2.24) is 25.1 Å². The Morgan fingerprint density at radius 3 is 2.81 bits per heavy atom. The van der Waals surface area contributed by atoms with Gasteiger partial charge >= 0.3 is 0 Å². The smallest absolute Gasteiger partial charge is 0.0907 e. The Kier molecular flexibility index (Phi) is 5.46. The molecule has 0 bridgehead atoms. The third-order valence-corrected chi connectivity index (χ3v) is 4.03. The van der Waals surface area contributed by atoms with Crippen molar-refractivity contribution in [2.24, 2.45) is 5.84 Å². The monoisotopic (exact) mass is 352 g/mol. The number of pyridine rings is 1. The van der Waals surface area contributed by atoms with Gasteiger partial charge in [0.2, 0.25) is 0 Å². The maximum Gasteiger partial charge on any atom is 0.0907 e. The quantitative estimate of drug-likeness (QED) is 0.608. The van der Waals surface area contributed by atoms with Gasteiger partial charge in [-0.15, -0.1) is 0 Å². The van der Waals surface area contributed by atoms with Gasteiger partial charge in [0.05, 0.1) is 29.0 Å². The summed E-state index contributed by atoms with van der Waals surface area (Å²) >= 11 is 3.57. The summed E-state index contributed by atoms with van der Waals surface area (Å²) in [5.74, 6) is 5.81. The molecule has 6 nitrogen and oxygen atoms in total. The number of aryl methyl sites for hydroxylation is 1. The lowest BCUT2D eigenvalue weighted by Crippen LogP contribution is -2.32. The summed E-state index contributed by atoms with van der Waals surface area (Å²) in [6.07, 6.45) is 5.43. The number of nitrogens with zero attached hydrogens (tertiary/aromatic N) is 4. The molecule has 114 valence electrons. The highest BCUT2D eigenvalue weighted by atomic mass is 79.9. The van der Waals surface area contributed by atoms with Crippen molar-refractivity contribution < 1.29 is 0 Å². The van der Waals surface area contributed by atoms with E-state index in [4.69, 9.17) is 5.84 Å². The topological polar surface area (TPSA) is 72.0 Å². The lowest BCUT2D eigenvalue weighted by atomic mass is 10.0. The largest absolute Gasteiger partial charge is 0.308 e. The number of rotatable bonds is 6. The van der Waals surface area contributed by atoms with E-state index in [1.165, 1.54) is 0 Å². The fraction of sp³-hybridized carbons (Fsp3) is 0.429. The summed E-state index contributed by atoms with van der Waals surface area (Å²) in [6, 6.07) is 1.83. The third kappa shape index (κ3) is 3.68. The summed E-state index contributed by atoms with van der Waals surface area (Å²) in [7, 11) is 4.09. The van der Waals surface area contributed by atoms with Crippen molar-refractivity contribution in [3.05, 3.63) is 46.0 Å². The predicted octanol–water partition coefficient (Wildman–Crippen LogP) is 1.46. The van der Waals surface area contributed by atoms with Crippen molar-refractivity contribution >= 4 is 15.9 Å². The van der Waals surface area contributed by atoms with Crippen LogP contribution in [0.5, 0.6) is 0 Å². The number of likely N-dealkylation sites (N-methyl/N-ethyl adjacent to an activating group) is 1. The van der Waals surface area contributed by atoms with E-state index in [1.807, 2.05) is 31.0 Å². The minimum atomic E-state index is -0.155. The molecule has 0 aliphatic heterocycles. The molecule has 2 aromatic rings. The van der Waals surface area contributed by atoms with Gasteiger partial charge in [-0.1, -0.05) is 0 Å². The molecule has 0 aliphatic rings. The second-order valence-electron chi connectivity index (χ2n) is 5.24. The van der Waals surface area contributed by atoms with Crippen LogP contribution in [-0.4, -0.2) is 40.3 Å². The van der Waals surface area contributed by atoms with Crippen LogP contribution < -0.4 is 11.3 Å². The zero-order chi connectivity index (χ0) is 15.4. The van der Waals surface area contributed by atoms with Gasteiger partial charge in [-0.3, -0.25) is 15.5 Å². The second-order valence-corrected chi connectivity index (χ2v) is 6.09. The highest BCUT2D eigenvalue weighted by Crippen LogP contribution is 2.29. The van der Waals surface area contributed by atoms with Crippen LogP contribution in [0.3, 0.4) is 0 Å². The minimum Gasteiger partial charge on any atom is -0.308 e. The van der Waals surface area contributed by atoms with Crippen LogP contribution in [0.25, 0.3) is 0 Å². The molecule has 0 amide bonds. The molecule has 0 aliphatic carbocycles. The number of nitrogens with two attached hydrogens (primary N) is 1. The van der Waals surface area contributed by atoms with Gasteiger partial charge in [-0.25, -0.2) is 5.43 Å². The maximum absolute atomic E-state index is 5.81. The Morgan fingerprint density at radius 1 is 1.43 bits per heavy atom. The van der Waals surface area contributed by atoms with E-state index in [-0.39, 0.29) is 6.04 Å². The Bertz CT molecular complexity index is 595. The van der Waals surface area contributed by atoms with E-state index in [1.54, 1.807) is 12.4 Å². The Morgan fingerprint density at radius 2 is 2.19 bits per heavy atom. The second kappa shape index (κ2) is 7.13. The predicted molar refractivity (Wildman–Crippen MR) is 86.6 cm³/mol. The maximum atomic E-state index is 5.81. The van der Waals surface area contributed by atoms with Gasteiger partial charge in [0, 0.05) is 18.9 Å². The van der Waals surface area contributed by atoms with Crippen LogP contribution in [-0.2, 0) is 6.54 Å². The fourth-order valence-electron chi connectivity index (χ4n) is 2.23. The van der Waals surface area contributed by atoms with Gasteiger partial charge in [0.1, 0.15) is 0 Å². The SMILES string of the molecule is Cc1ccncc1C(NN)c1c(Br)cnn1CCN(C)C. The Hall–Kier alpha value is -1.28. The molecule has 3 N–H and O–H groups in total. The van der Waals surface area contributed by atoms with Crippen LogP contribution in [0, 0.1) is 6.92 Å². The number of aromatic nitrogens is 3. The van der Waals surface area contributed by atoms with Crippen molar-refractivity contribution in [2.75, 3.05) is 20.6 Å². The molecular weight excluding hydrogens is 332 g/mol. The average molecular weight is 353 g/mol. The normalized spacial score (nSPS) is 12.9. The lowest BCUT2D eigenvalue weighted by Gasteiger charge is -2.21. The first kappa shape index (κ1) is 16.1. The van der Waals surface area contributed by atoms with E-state index in [2.05, 4.69) is 43.3 Å².